The third-order valence-corrected chi connectivity index (χ3v) is 7.63. The fourth-order valence-corrected chi connectivity index (χ4v) is 5.40. The predicted molar refractivity (Wildman–Crippen MR) is 129 cm³/mol. The van der Waals surface area contributed by atoms with E-state index in [1.54, 1.807) is 19.9 Å². The van der Waals surface area contributed by atoms with Gasteiger partial charge < -0.3 is 18.9 Å². The number of benzene rings is 1. The molecule has 1 fully saturated rings. The second-order valence-corrected chi connectivity index (χ2v) is 10.4. The Morgan fingerprint density at radius 2 is 1.71 bits per heavy atom. The van der Waals surface area contributed by atoms with Crippen molar-refractivity contribution in [2.24, 2.45) is 17.3 Å². The van der Waals surface area contributed by atoms with Crippen molar-refractivity contribution in [2.45, 2.75) is 38.1 Å². The van der Waals surface area contributed by atoms with E-state index < -0.39 is 58.1 Å². The molecule has 2 bridgehead atoms. The number of methoxy groups -OCH3 is 2. The maximum absolute atomic E-state index is 12.9. The van der Waals surface area contributed by atoms with Gasteiger partial charge in [-0.2, -0.15) is 13.2 Å². The summed E-state index contributed by atoms with van der Waals surface area (Å²) in [5.74, 6) is -3.85. The number of esters is 3. The van der Waals surface area contributed by atoms with Crippen LogP contribution in [0, 0.1) is 17.3 Å². The summed E-state index contributed by atoms with van der Waals surface area (Å²) < 4.78 is 60.2. The van der Waals surface area contributed by atoms with Crippen LogP contribution < -0.4 is 0 Å². The monoisotopic (exact) mass is 554 g/mol. The van der Waals surface area contributed by atoms with E-state index in [0.29, 0.717) is 5.57 Å². The Morgan fingerprint density at radius 1 is 1.08 bits per heavy atom. The van der Waals surface area contributed by atoms with Crippen LogP contribution in [-0.4, -0.2) is 56.6 Å². The van der Waals surface area contributed by atoms with Crippen molar-refractivity contribution in [3.63, 3.8) is 0 Å². The molecule has 2 unspecified atom stereocenters. The van der Waals surface area contributed by atoms with E-state index in [4.69, 9.17) is 30.5 Å². The van der Waals surface area contributed by atoms with E-state index >= 15 is 0 Å². The summed E-state index contributed by atoms with van der Waals surface area (Å²) in [7, 11) is 2.35. The molecular formula is C27H26ClF3O7. The van der Waals surface area contributed by atoms with Crippen molar-refractivity contribution >= 4 is 29.5 Å². The highest BCUT2D eigenvalue weighted by molar-refractivity contribution is 6.30. The number of alkyl halides is 3. The van der Waals surface area contributed by atoms with Gasteiger partial charge in [0, 0.05) is 6.42 Å². The van der Waals surface area contributed by atoms with Crippen LogP contribution in [0.4, 0.5) is 13.2 Å². The van der Waals surface area contributed by atoms with Gasteiger partial charge >= 0.3 is 24.1 Å². The molecule has 2 heterocycles. The summed E-state index contributed by atoms with van der Waals surface area (Å²) in [6, 6.07) is 9.12. The lowest BCUT2D eigenvalue weighted by molar-refractivity contribution is -0.145. The molecule has 1 aromatic carbocycles. The lowest BCUT2D eigenvalue weighted by Crippen LogP contribution is -2.35. The maximum Gasteiger partial charge on any atom is 0.426 e. The number of halogens is 4. The smallest absolute Gasteiger partial charge is 0.426 e. The molecule has 1 aromatic rings. The number of rotatable bonds is 8. The average Bonchev–Trinajstić information content (AvgIpc) is 3.13. The van der Waals surface area contributed by atoms with Crippen LogP contribution in [0.2, 0.25) is 0 Å². The topological polar surface area (TPSA) is 88.1 Å². The first-order valence-corrected chi connectivity index (χ1v) is 12.1. The molecule has 2 aliphatic heterocycles. The fourth-order valence-electron chi connectivity index (χ4n) is 5.27. The SMILES string of the molecule is COC(=O)C1=C(C(=O)OC)C2(Cc3ccccc3)C=C(COC(=O)[C@@H]3[C@H](/C=C(/Cl)C(F)(F)F)C3(C)C)C1O2. The second kappa shape index (κ2) is 9.89. The molecule has 0 spiro atoms. The first kappa shape index (κ1) is 27.9. The van der Waals surface area contributed by atoms with Gasteiger partial charge in [-0.05, 0) is 28.5 Å². The number of fused-ring (bicyclic) bond motifs is 2. The van der Waals surface area contributed by atoms with E-state index in [2.05, 4.69) is 0 Å². The highest BCUT2D eigenvalue weighted by Gasteiger charge is 2.63. The molecule has 4 rings (SSSR count). The minimum Gasteiger partial charge on any atom is -0.466 e. The number of carbonyl (C=O) groups is 3. The molecule has 11 heteroatoms. The highest BCUT2D eigenvalue weighted by Crippen LogP contribution is 2.60. The van der Waals surface area contributed by atoms with Gasteiger partial charge in [-0.1, -0.05) is 61.9 Å². The average molecular weight is 555 g/mol. The van der Waals surface area contributed by atoms with Gasteiger partial charge in [0.1, 0.15) is 23.3 Å². The molecule has 0 N–H and O–H groups in total. The first-order chi connectivity index (χ1) is 17.8. The Bertz CT molecular complexity index is 1250. The number of allylic oxidation sites excluding steroid dienone is 2. The second-order valence-electron chi connectivity index (χ2n) is 9.99. The van der Waals surface area contributed by atoms with Crippen LogP contribution in [-0.2, 0) is 39.8 Å². The molecule has 3 aliphatic rings. The Balaban J connectivity index is 1.59. The van der Waals surface area contributed by atoms with Crippen LogP contribution in [0.5, 0.6) is 0 Å². The minimum atomic E-state index is -4.71. The van der Waals surface area contributed by atoms with Crippen LogP contribution >= 0.6 is 11.6 Å². The molecule has 0 radical (unpaired) electrons. The van der Waals surface area contributed by atoms with E-state index in [9.17, 15) is 27.6 Å². The molecule has 0 saturated heterocycles. The number of ether oxygens (including phenoxy) is 4. The number of hydrogen-bond acceptors (Lipinski definition) is 7. The molecule has 4 atom stereocenters. The zero-order valence-corrected chi connectivity index (χ0v) is 21.8. The molecule has 38 heavy (non-hydrogen) atoms. The van der Waals surface area contributed by atoms with Gasteiger partial charge in [-0.15, -0.1) is 0 Å². The third-order valence-electron chi connectivity index (χ3n) is 7.28. The van der Waals surface area contributed by atoms with Crippen molar-refractivity contribution in [1.29, 1.82) is 0 Å². The van der Waals surface area contributed by atoms with Crippen LogP contribution in [0.1, 0.15) is 19.4 Å². The highest BCUT2D eigenvalue weighted by atomic mass is 35.5. The Kier molecular flexibility index (Phi) is 7.26. The summed E-state index contributed by atoms with van der Waals surface area (Å²) in [5.41, 5.74) is -0.981. The standard InChI is InChI=1S/C27H26ClF3O7/c1-25(2)16(10-17(28)27(29,30)31)19(25)24(34)37-13-15-12-26(11-14-8-6-5-7-9-14)20(23(33)36-4)18(21(15)38-26)22(32)35-3/h5-10,12,16,19,21H,11,13H2,1-4H3/b17-10+/t16-,19-,21?,26?/m0/s1. The summed E-state index contributed by atoms with van der Waals surface area (Å²) in [4.78, 5) is 38.4. The summed E-state index contributed by atoms with van der Waals surface area (Å²) in [5, 5.41) is -1.29. The first-order valence-electron chi connectivity index (χ1n) is 11.7. The predicted octanol–water partition coefficient (Wildman–Crippen LogP) is 4.45. The van der Waals surface area contributed by atoms with Crippen LogP contribution in [0.25, 0.3) is 0 Å². The summed E-state index contributed by atoms with van der Waals surface area (Å²) in [6.07, 6.45) is -3.09. The quantitative estimate of drug-likeness (QED) is 0.266. The molecule has 0 amide bonds. The lowest BCUT2D eigenvalue weighted by Gasteiger charge is -2.26. The summed E-state index contributed by atoms with van der Waals surface area (Å²) in [6.45, 7) is 3.00. The summed E-state index contributed by atoms with van der Waals surface area (Å²) >= 11 is 5.38. The Morgan fingerprint density at radius 3 is 2.29 bits per heavy atom. The molecule has 1 saturated carbocycles. The van der Waals surface area contributed by atoms with Gasteiger partial charge in [0.25, 0.3) is 0 Å². The zero-order valence-electron chi connectivity index (χ0n) is 21.1. The largest absolute Gasteiger partial charge is 0.466 e. The van der Waals surface area contributed by atoms with E-state index in [1.807, 2.05) is 30.3 Å². The maximum atomic E-state index is 12.9. The number of carbonyl (C=O) groups excluding carboxylic acids is 3. The normalized spacial score (nSPS) is 27.6. The van der Waals surface area contributed by atoms with Gasteiger partial charge in [0.15, 0.2) is 0 Å². The van der Waals surface area contributed by atoms with E-state index in [1.165, 1.54) is 14.2 Å². The third kappa shape index (κ3) is 4.87. The van der Waals surface area contributed by atoms with E-state index in [0.717, 1.165) is 11.6 Å². The molecule has 1 aliphatic carbocycles. The Labute approximate surface area is 222 Å². The van der Waals surface area contributed by atoms with Crippen LogP contribution in [0.15, 0.2) is 64.2 Å². The zero-order chi connectivity index (χ0) is 28.0. The Hall–Kier alpha value is -3.11. The number of hydrogen-bond donors (Lipinski definition) is 0. The van der Waals surface area contributed by atoms with E-state index in [-0.39, 0.29) is 24.2 Å². The van der Waals surface area contributed by atoms with Crippen molar-refractivity contribution in [1.82, 2.24) is 0 Å². The minimum absolute atomic E-state index is 0.00565. The molecule has 204 valence electrons. The lowest BCUT2D eigenvalue weighted by atomic mass is 9.80. The van der Waals surface area contributed by atoms with Crippen molar-refractivity contribution in [2.75, 3.05) is 20.8 Å². The fraction of sp³-hybridized carbons (Fsp3) is 0.444. The van der Waals surface area contributed by atoms with Crippen molar-refractivity contribution in [3.8, 4) is 0 Å². The van der Waals surface area contributed by atoms with Crippen molar-refractivity contribution < 1.29 is 46.5 Å². The van der Waals surface area contributed by atoms with Gasteiger partial charge in [-0.3, -0.25) is 4.79 Å². The van der Waals surface area contributed by atoms with Crippen LogP contribution in [0.3, 0.4) is 0 Å². The van der Waals surface area contributed by atoms with Gasteiger partial charge in [0.05, 0.1) is 31.3 Å². The molecule has 0 aromatic heterocycles. The molecular weight excluding hydrogens is 529 g/mol. The van der Waals surface area contributed by atoms with Gasteiger partial charge in [-0.25, -0.2) is 9.59 Å². The van der Waals surface area contributed by atoms with Gasteiger partial charge in [0.2, 0.25) is 0 Å². The van der Waals surface area contributed by atoms with Crippen molar-refractivity contribution in [3.05, 3.63) is 69.8 Å². The molecule has 7 nitrogen and oxygen atoms in total.